The third-order valence-electron chi connectivity index (χ3n) is 3.81. The van der Waals surface area contributed by atoms with Crippen LogP contribution in [0.15, 0.2) is 33.8 Å². The Morgan fingerprint density at radius 1 is 1.14 bits per heavy atom. The predicted octanol–water partition coefficient (Wildman–Crippen LogP) is 3.99. The van der Waals surface area contributed by atoms with E-state index < -0.39 is 0 Å². The van der Waals surface area contributed by atoms with Crippen molar-refractivity contribution < 1.29 is 9.21 Å². The van der Waals surface area contributed by atoms with Crippen LogP contribution in [0.1, 0.15) is 42.8 Å². The molecule has 1 heterocycles. The number of amides is 1. The summed E-state index contributed by atoms with van der Waals surface area (Å²) in [5.74, 6) is 1.77. The fourth-order valence-corrected chi connectivity index (χ4v) is 2.51. The van der Waals surface area contributed by atoms with Gasteiger partial charge in [0.2, 0.25) is 5.89 Å². The Morgan fingerprint density at radius 3 is 2.41 bits per heavy atom. The maximum absolute atomic E-state index is 12.1. The van der Waals surface area contributed by atoms with Gasteiger partial charge in [-0.25, -0.2) is 4.98 Å². The Morgan fingerprint density at radius 2 is 1.83 bits per heavy atom. The Labute approximate surface area is 198 Å². The minimum Gasteiger partial charge on any atom is -0.443 e. The highest BCUT2D eigenvalue weighted by atomic mass is 127. The van der Waals surface area contributed by atoms with Crippen molar-refractivity contribution in [1.29, 1.82) is 0 Å². The molecule has 0 aliphatic rings. The number of nitrogens with zero attached hydrogens (tertiary/aromatic N) is 2. The molecule has 29 heavy (non-hydrogen) atoms. The van der Waals surface area contributed by atoms with Crippen LogP contribution in [0.2, 0.25) is 10.0 Å². The summed E-state index contributed by atoms with van der Waals surface area (Å²) in [6, 6.07) is 4.76. The van der Waals surface area contributed by atoms with Crippen molar-refractivity contribution in [2.45, 2.75) is 32.7 Å². The second-order valence-corrected chi connectivity index (χ2v) is 7.92. The van der Waals surface area contributed by atoms with Gasteiger partial charge >= 0.3 is 0 Å². The van der Waals surface area contributed by atoms with Crippen molar-refractivity contribution >= 4 is 59.0 Å². The normalized spacial score (nSPS) is 11.6. The summed E-state index contributed by atoms with van der Waals surface area (Å²) in [6.45, 7) is 7.51. The molecule has 2 aromatic rings. The number of oxazole rings is 1. The smallest absolute Gasteiger partial charge is 0.251 e. The summed E-state index contributed by atoms with van der Waals surface area (Å²) < 4.78 is 5.73. The quantitative estimate of drug-likeness (QED) is 0.218. The molecule has 0 bridgehead atoms. The van der Waals surface area contributed by atoms with Crippen LogP contribution in [-0.4, -0.2) is 37.0 Å². The Bertz CT molecular complexity index is 849. The molecule has 10 heteroatoms. The summed E-state index contributed by atoms with van der Waals surface area (Å²) in [5, 5.41) is 9.79. The van der Waals surface area contributed by atoms with Gasteiger partial charge in [-0.15, -0.1) is 24.0 Å². The highest BCUT2D eigenvalue weighted by Gasteiger charge is 2.19. The number of nitrogens with one attached hydrogen (secondary N) is 3. The minimum atomic E-state index is -0.224. The van der Waals surface area contributed by atoms with Crippen molar-refractivity contribution in [3.63, 3.8) is 0 Å². The first-order valence-electron chi connectivity index (χ1n) is 8.83. The van der Waals surface area contributed by atoms with Gasteiger partial charge < -0.3 is 20.4 Å². The predicted molar refractivity (Wildman–Crippen MR) is 128 cm³/mol. The summed E-state index contributed by atoms with van der Waals surface area (Å²) in [7, 11) is 1.67. The number of guanidine groups is 1. The molecule has 160 valence electrons. The standard InChI is InChI=1S/C19H25Cl2N5O2.HI/c1-19(2,3)15-10-25-16(28-15)11-26-18(22-4)24-8-7-23-17(27)12-5-6-13(20)14(21)9-12;/h5-6,9-10H,7-8,11H2,1-4H3,(H,23,27)(H2,22,24,26);1H. The van der Waals surface area contributed by atoms with E-state index in [1.807, 2.05) is 0 Å². The number of hydrogen-bond acceptors (Lipinski definition) is 4. The first-order chi connectivity index (χ1) is 13.2. The Kier molecular flexibility index (Phi) is 10.2. The summed E-state index contributed by atoms with van der Waals surface area (Å²) in [4.78, 5) is 20.5. The molecule has 0 spiro atoms. The monoisotopic (exact) mass is 553 g/mol. The molecule has 0 saturated carbocycles. The van der Waals surface area contributed by atoms with Crippen molar-refractivity contribution in [3.8, 4) is 0 Å². The lowest BCUT2D eigenvalue weighted by Gasteiger charge is -2.13. The topological polar surface area (TPSA) is 91.5 Å². The molecule has 0 aliphatic carbocycles. The van der Waals surface area contributed by atoms with Crippen molar-refractivity contribution in [1.82, 2.24) is 20.9 Å². The van der Waals surface area contributed by atoms with Crippen LogP contribution in [0.3, 0.4) is 0 Å². The maximum Gasteiger partial charge on any atom is 0.251 e. The van der Waals surface area contributed by atoms with Crippen LogP contribution in [0.25, 0.3) is 0 Å². The van der Waals surface area contributed by atoms with Crippen LogP contribution >= 0.6 is 47.2 Å². The van der Waals surface area contributed by atoms with Crippen molar-refractivity contribution in [2.24, 2.45) is 4.99 Å². The second-order valence-electron chi connectivity index (χ2n) is 7.11. The minimum absolute atomic E-state index is 0. The van der Waals surface area contributed by atoms with Crippen LogP contribution in [0, 0.1) is 0 Å². The lowest BCUT2D eigenvalue weighted by molar-refractivity contribution is 0.0954. The number of halogens is 3. The summed E-state index contributed by atoms with van der Waals surface area (Å²) >= 11 is 11.8. The molecule has 0 fully saturated rings. The van der Waals surface area contributed by atoms with Crippen LogP contribution in [0.4, 0.5) is 0 Å². The maximum atomic E-state index is 12.1. The molecule has 0 radical (unpaired) electrons. The highest BCUT2D eigenvalue weighted by Crippen LogP contribution is 2.23. The van der Waals surface area contributed by atoms with Gasteiger partial charge in [0.1, 0.15) is 5.76 Å². The van der Waals surface area contributed by atoms with Gasteiger partial charge in [-0.2, -0.15) is 0 Å². The molecule has 0 aliphatic heterocycles. The molecule has 3 N–H and O–H groups in total. The van der Waals surface area contributed by atoms with Crippen molar-refractivity contribution in [2.75, 3.05) is 20.1 Å². The lowest BCUT2D eigenvalue weighted by atomic mass is 9.94. The zero-order valence-corrected chi connectivity index (χ0v) is 20.6. The number of aromatic nitrogens is 1. The van der Waals surface area contributed by atoms with E-state index >= 15 is 0 Å². The molecule has 0 atom stereocenters. The van der Waals surface area contributed by atoms with Gasteiger partial charge in [0.25, 0.3) is 5.91 Å². The molecular formula is C19H26Cl2IN5O2. The zero-order valence-electron chi connectivity index (χ0n) is 16.8. The van der Waals surface area contributed by atoms with Crippen LogP contribution in [-0.2, 0) is 12.0 Å². The average Bonchev–Trinajstić information content (AvgIpc) is 3.12. The van der Waals surface area contributed by atoms with Gasteiger partial charge in [0, 0.05) is 31.1 Å². The van der Waals surface area contributed by atoms with Crippen LogP contribution in [0.5, 0.6) is 0 Å². The third-order valence-corrected chi connectivity index (χ3v) is 4.55. The number of benzene rings is 1. The molecule has 2 rings (SSSR count). The second kappa shape index (κ2) is 11.6. The summed E-state index contributed by atoms with van der Waals surface area (Å²) in [5.41, 5.74) is 0.369. The first kappa shape index (κ1) is 25.5. The number of carbonyl (C=O) groups is 1. The SMILES string of the molecule is CN=C(NCCNC(=O)c1ccc(Cl)c(Cl)c1)NCc1ncc(C(C)(C)C)o1.I. The molecular weight excluding hydrogens is 528 g/mol. The average molecular weight is 554 g/mol. The van der Waals surface area contributed by atoms with E-state index in [0.29, 0.717) is 47.1 Å². The molecule has 1 aromatic carbocycles. The van der Waals surface area contributed by atoms with E-state index in [9.17, 15) is 4.79 Å². The fraction of sp³-hybridized carbons (Fsp3) is 0.421. The summed E-state index contributed by atoms with van der Waals surface area (Å²) in [6.07, 6.45) is 1.74. The lowest BCUT2D eigenvalue weighted by Crippen LogP contribution is -2.41. The third kappa shape index (κ3) is 8.02. The molecule has 7 nitrogen and oxygen atoms in total. The van der Waals surface area contributed by atoms with E-state index in [4.69, 9.17) is 27.6 Å². The zero-order chi connectivity index (χ0) is 20.7. The van der Waals surface area contributed by atoms with E-state index in [-0.39, 0.29) is 35.3 Å². The largest absolute Gasteiger partial charge is 0.443 e. The fourth-order valence-electron chi connectivity index (χ4n) is 2.22. The van der Waals surface area contributed by atoms with Crippen molar-refractivity contribution in [3.05, 3.63) is 51.7 Å². The van der Waals surface area contributed by atoms with Gasteiger partial charge in [-0.1, -0.05) is 44.0 Å². The number of hydrogen-bond donors (Lipinski definition) is 3. The molecule has 1 amide bonds. The van der Waals surface area contributed by atoms with Gasteiger partial charge in [-0.05, 0) is 18.2 Å². The van der Waals surface area contributed by atoms with E-state index in [0.717, 1.165) is 5.76 Å². The molecule has 0 unspecified atom stereocenters. The van der Waals surface area contributed by atoms with Gasteiger partial charge in [0.15, 0.2) is 5.96 Å². The van der Waals surface area contributed by atoms with Crippen LogP contribution < -0.4 is 16.0 Å². The highest BCUT2D eigenvalue weighted by molar-refractivity contribution is 14.0. The van der Waals surface area contributed by atoms with E-state index in [1.54, 1.807) is 25.4 Å². The molecule has 0 saturated heterocycles. The number of carbonyl (C=O) groups excluding carboxylic acids is 1. The Hall–Kier alpha value is -1.52. The van der Waals surface area contributed by atoms with E-state index in [2.05, 4.69) is 46.7 Å². The number of rotatable bonds is 6. The molecule has 1 aromatic heterocycles. The number of aliphatic imine (C=N–C) groups is 1. The first-order valence-corrected chi connectivity index (χ1v) is 9.59. The van der Waals surface area contributed by atoms with Gasteiger partial charge in [-0.3, -0.25) is 9.79 Å². The Balaban J connectivity index is 0.00000420. The van der Waals surface area contributed by atoms with Gasteiger partial charge in [0.05, 0.1) is 22.8 Å². The van der Waals surface area contributed by atoms with E-state index in [1.165, 1.54) is 6.07 Å².